The van der Waals surface area contributed by atoms with Gasteiger partial charge in [0.25, 0.3) is 5.91 Å². The number of hydrogen-bond donors (Lipinski definition) is 2. The van der Waals surface area contributed by atoms with Gasteiger partial charge in [-0.3, -0.25) is 9.59 Å². The zero-order valence-electron chi connectivity index (χ0n) is 11.7. The van der Waals surface area contributed by atoms with Crippen molar-refractivity contribution in [2.45, 2.75) is 6.54 Å². The van der Waals surface area contributed by atoms with E-state index in [2.05, 4.69) is 10.6 Å². The molecule has 1 aromatic heterocycles. The van der Waals surface area contributed by atoms with Gasteiger partial charge in [0.1, 0.15) is 5.76 Å². The maximum absolute atomic E-state index is 13.3. The molecule has 0 aliphatic heterocycles. The summed E-state index contributed by atoms with van der Waals surface area (Å²) in [6.45, 7) is -0.319. The van der Waals surface area contributed by atoms with Crippen molar-refractivity contribution in [3.8, 4) is 5.75 Å². The molecule has 2 N–H and O–H groups in total. The molecule has 0 unspecified atom stereocenters. The van der Waals surface area contributed by atoms with E-state index in [4.69, 9.17) is 9.15 Å². The highest BCUT2D eigenvalue weighted by atomic mass is 19.1. The Morgan fingerprint density at radius 2 is 1.91 bits per heavy atom. The molecule has 0 spiro atoms. The zero-order valence-corrected chi connectivity index (χ0v) is 11.7. The summed E-state index contributed by atoms with van der Waals surface area (Å²) in [5.74, 6) is -0.832. The first-order chi connectivity index (χ1) is 10.6. The van der Waals surface area contributed by atoms with Crippen molar-refractivity contribution in [3.63, 3.8) is 0 Å². The molecule has 116 valence electrons. The first-order valence-electron chi connectivity index (χ1n) is 6.58. The molecule has 0 saturated carbocycles. The highest BCUT2D eigenvalue weighted by Gasteiger charge is 2.08. The lowest BCUT2D eigenvalue weighted by atomic mass is 10.3. The molecule has 0 atom stereocenters. The highest BCUT2D eigenvalue weighted by molar-refractivity contribution is 5.85. The second kappa shape index (κ2) is 7.82. The summed E-state index contributed by atoms with van der Waals surface area (Å²) < 4.78 is 23.3. The average molecular weight is 306 g/mol. The first-order valence-corrected chi connectivity index (χ1v) is 6.58. The van der Waals surface area contributed by atoms with E-state index >= 15 is 0 Å². The number of para-hydroxylation sites is 1. The molecule has 0 aliphatic rings. The number of ether oxygens (including phenoxy) is 1. The van der Waals surface area contributed by atoms with Gasteiger partial charge in [-0.15, -0.1) is 0 Å². The Morgan fingerprint density at radius 3 is 2.64 bits per heavy atom. The van der Waals surface area contributed by atoms with Crippen LogP contribution in [-0.4, -0.2) is 25.0 Å². The smallest absolute Gasteiger partial charge is 0.258 e. The molecule has 22 heavy (non-hydrogen) atoms. The fraction of sp³-hybridized carbons (Fsp3) is 0.200. The lowest BCUT2D eigenvalue weighted by molar-refractivity contribution is -0.127. The second-order valence-corrected chi connectivity index (χ2v) is 4.35. The summed E-state index contributed by atoms with van der Waals surface area (Å²) in [5, 5.41) is 4.95. The van der Waals surface area contributed by atoms with Gasteiger partial charge in [0.15, 0.2) is 18.2 Å². The Morgan fingerprint density at radius 1 is 1.09 bits per heavy atom. The maximum atomic E-state index is 13.3. The molecular formula is C15H15FN2O4. The number of carbonyl (C=O) groups is 2. The predicted molar refractivity (Wildman–Crippen MR) is 75.5 cm³/mol. The summed E-state index contributed by atoms with van der Waals surface area (Å²) in [5.41, 5.74) is 0. The summed E-state index contributed by atoms with van der Waals surface area (Å²) in [7, 11) is 0. The number of nitrogens with one attached hydrogen (secondary N) is 2. The summed E-state index contributed by atoms with van der Waals surface area (Å²) in [4.78, 5) is 23.0. The largest absolute Gasteiger partial charge is 0.481 e. The molecule has 0 fully saturated rings. The van der Waals surface area contributed by atoms with Crippen LogP contribution in [0.4, 0.5) is 4.39 Å². The van der Waals surface area contributed by atoms with Crippen molar-refractivity contribution in [2.24, 2.45) is 0 Å². The fourth-order valence-corrected chi connectivity index (χ4v) is 1.60. The van der Waals surface area contributed by atoms with Crippen LogP contribution in [0.1, 0.15) is 5.76 Å². The van der Waals surface area contributed by atoms with Gasteiger partial charge >= 0.3 is 0 Å². The number of rotatable bonds is 7. The van der Waals surface area contributed by atoms with Crippen LogP contribution in [0.5, 0.6) is 5.75 Å². The van der Waals surface area contributed by atoms with Crippen LogP contribution in [0.3, 0.4) is 0 Å². The normalized spacial score (nSPS) is 10.0. The number of amides is 2. The van der Waals surface area contributed by atoms with Gasteiger partial charge in [0.05, 0.1) is 19.4 Å². The number of halogens is 1. The lowest BCUT2D eigenvalue weighted by Gasteiger charge is -2.08. The third-order valence-electron chi connectivity index (χ3n) is 2.68. The van der Waals surface area contributed by atoms with Crippen molar-refractivity contribution in [1.29, 1.82) is 0 Å². The van der Waals surface area contributed by atoms with E-state index in [1.165, 1.54) is 24.5 Å². The molecule has 0 radical (unpaired) electrons. The SMILES string of the molecule is O=C(CNC(=O)COc1ccccc1F)NCc1ccco1. The van der Waals surface area contributed by atoms with Crippen molar-refractivity contribution in [1.82, 2.24) is 10.6 Å². The predicted octanol–water partition coefficient (Wildman–Crippen LogP) is 1.23. The lowest BCUT2D eigenvalue weighted by Crippen LogP contribution is -2.38. The zero-order chi connectivity index (χ0) is 15.8. The first kappa shape index (κ1) is 15.6. The van der Waals surface area contributed by atoms with E-state index in [-0.39, 0.29) is 31.4 Å². The van der Waals surface area contributed by atoms with Gasteiger partial charge in [-0.25, -0.2) is 4.39 Å². The van der Waals surface area contributed by atoms with E-state index in [0.29, 0.717) is 5.76 Å². The summed E-state index contributed by atoms with van der Waals surface area (Å²) in [6, 6.07) is 9.20. The molecule has 0 bridgehead atoms. The van der Waals surface area contributed by atoms with E-state index in [9.17, 15) is 14.0 Å². The van der Waals surface area contributed by atoms with Gasteiger partial charge in [-0.05, 0) is 24.3 Å². The molecule has 0 aliphatic carbocycles. The van der Waals surface area contributed by atoms with Gasteiger partial charge in [-0.2, -0.15) is 0 Å². The van der Waals surface area contributed by atoms with Crippen LogP contribution in [-0.2, 0) is 16.1 Å². The summed E-state index contributed by atoms with van der Waals surface area (Å²) in [6.07, 6.45) is 1.50. The number of carbonyl (C=O) groups excluding carboxylic acids is 2. The van der Waals surface area contributed by atoms with Crippen LogP contribution >= 0.6 is 0 Å². The van der Waals surface area contributed by atoms with Crippen LogP contribution in [0.25, 0.3) is 0 Å². The molecular weight excluding hydrogens is 291 g/mol. The quantitative estimate of drug-likeness (QED) is 0.806. The van der Waals surface area contributed by atoms with Crippen molar-refractivity contribution < 1.29 is 23.1 Å². The van der Waals surface area contributed by atoms with Crippen molar-refractivity contribution >= 4 is 11.8 Å². The Labute approximate surface area is 126 Å². The van der Waals surface area contributed by atoms with E-state index < -0.39 is 11.7 Å². The van der Waals surface area contributed by atoms with Crippen LogP contribution in [0.2, 0.25) is 0 Å². The van der Waals surface area contributed by atoms with Crippen LogP contribution < -0.4 is 15.4 Å². The number of benzene rings is 1. The topological polar surface area (TPSA) is 80.6 Å². The molecule has 1 aromatic carbocycles. The van der Waals surface area contributed by atoms with Crippen molar-refractivity contribution in [2.75, 3.05) is 13.2 Å². The Bertz CT molecular complexity index is 628. The van der Waals surface area contributed by atoms with Gasteiger partial charge < -0.3 is 19.8 Å². The van der Waals surface area contributed by atoms with Gasteiger partial charge in [-0.1, -0.05) is 12.1 Å². The molecule has 2 amide bonds. The van der Waals surface area contributed by atoms with Crippen molar-refractivity contribution in [3.05, 3.63) is 54.2 Å². The van der Waals surface area contributed by atoms with Crippen LogP contribution in [0.15, 0.2) is 47.1 Å². The minimum Gasteiger partial charge on any atom is -0.481 e. The third kappa shape index (κ3) is 4.93. The fourth-order valence-electron chi connectivity index (χ4n) is 1.60. The summed E-state index contributed by atoms with van der Waals surface area (Å²) >= 11 is 0. The van der Waals surface area contributed by atoms with Gasteiger partial charge in [0.2, 0.25) is 5.91 Å². The molecule has 6 nitrogen and oxygen atoms in total. The van der Waals surface area contributed by atoms with Crippen LogP contribution in [0, 0.1) is 5.82 Å². The van der Waals surface area contributed by atoms with Gasteiger partial charge in [0, 0.05) is 0 Å². The highest BCUT2D eigenvalue weighted by Crippen LogP contribution is 2.14. The average Bonchev–Trinajstić information content (AvgIpc) is 3.03. The Hall–Kier alpha value is -2.83. The number of hydrogen-bond acceptors (Lipinski definition) is 4. The minimum atomic E-state index is -0.550. The molecule has 7 heteroatoms. The standard InChI is InChI=1S/C15H15FN2O4/c16-12-5-1-2-6-13(12)22-10-15(20)18-9-14(19)17-8-11-4-3-7-21-11/h1-7H,8-10H2,(H,17,19)(H,18,20). The Kier molecular flexibility index (Phi) is 5.53. The number of furan rings is 1. The molecule has 0 saturated heterocycles. The Balaban J connectivity index is 1.65. The molecule has 2 rings (SSSR count). The molecule has 2 aromatic rings. The van der Waals surface area contributed by atoms with E-state index in [1.807, 2.05) is 0 Å². The monoisotopic (exact) mass is 306 g/mol. The van der Waals surface area contributed by atoms with E-state index in [1.54, 1.807) is 18.2 Å². The third-order valence-corrected chi connectivity index (χ3v) is 2.68. The minimum absolute atomic E-state index is 0.0140. The molecule has 1 heterocycles. The van der Waals surface area contributed by atoms with E-state index in [0.717, 1.165) is 0 Å². The second-order valence-electron chi connectivity index (χ2n) is 4.35. The maximum Gasteiger partial charge on any atom is 0.258 e.